The van der Waals surface area contributed by atoms with Gasteiger partial charge in [-0.2, -0.15) is 13.2 Å². The van der Waals surface area contributed by atoms with Gasteiger partial charge in [0.25, 0.3) is 5.91 Å². The Morgan fingerprint density at radius 1 is 1.12 bits per heavy atom. The first kappa shape index (κ1) is 16.9. The number of carbonyl (C=O) groups is 1. The van der Waals surface area contributed by atoms with Gasteiger partial charge < -0.3 is 10.2 Å². The fourth-order valence-corrected chi connectivity index (χ4v) is 2.47. The van der Waals surface area contributed by atoms with Crippen molar-refractivity contribution in [1.82, 2.24) is 9.97 Å². The van der Waals surface area contributed by atoms with Crippen molar-refractivity contribution < 1.29 is 18.0 Å². The van der Waals surface area contributed by atoms with E-state index >= 15 is 0 Å². The second-order valence-corrected chi connectivity index (χ2v) is 5.50. The lowest BCUT2D eigenvalue weighted by atomic mass is 10.1. The number of aromatic nitrogens is 2. The topological polar surface area (TPSA) is 58.1 Å². The van der Waals surface area contributed by atoms with Crippen molar-refractivity contribution in [2.24, 2.45) is 0 Å². The highest BCUT2D eigenvalue weighted by molar-refractivity contribution is 6.04. The minimum atomic E-state index is -4.39. The number of nitrogens with one attached hydrogen (secondary N) is 1. The Kier molecular flexibility index (Phi) is 4.69. The van der Waals surface area contributed by atoms with Gasteiger partial charge in [-0.3, -0.25) is 4.79 Å². The molecule has 1 aliphatic heterocycles. The number of carbonyl (C=O) groups excluding carboxylic acids is 1. The Labute approximate surface area is 142 Å². The molecule has 1 aromatic heterocycles. The molecule has 0 aliphatic carbocycles. The maximum Gasteiger partial charge on any atom is 0.416 e. The third-order valence-electron chi connectivity index (χ3n) is 3.81. The SMILES string of the molecule is O=C(Nc1ccc(C(F)(F)F)cc1)C1=CCN(c2ncccn2)CC1. The summed E-state index contributed by atoms with van der Waals surface area (Å²) >= 11 is 0. The quantitative estimate of drug-likeness (QED) is 0.925. The van der Waals surface area contributed by atoms with E-state index in [-0.39, 0.29) is 5.91 Å². The number of anilines is 2. The maximum absolute atomic E-state index is 12.5. The first-order valence-electron chi connectivity index (χ1n) is 7.63. The molecule has 0 fully saturated rings. The Balaban J connectivity index is 1.61. The molecule has 5 nitrogen and oxygen atoms in total. The summed E-state index contributed by atoms with van der Waals surface area (Å²) in [6.07, 6.45) is 1.19. The van der Waals surface area contributed by atoms with E-state index < -0.39 is 11.7 Å². The number of rotatable bonds is 3. The molecule has 25 heavy (non-hydrogen) atoms. The second-order valence-electron chi connectivity index (χ2n) is 5.50. The molecule has 0 spiro atoms. The van der Waals surface area contributed by atoms with E-state index in [1.807, 2.05) is 4.90 Å². The van der Waals surface area contributed by atoms with Gasteiger partial charge in [0.15, 0.2) is 0 Å². The zero-order valence-electron chi connectivity index (χ0n) is 13.1. The van der Waals surface area contributed by atoms with Crippen molar-refractivity contribution in [1.29, 1.82) is 0 Å². The van der Waals surface area contributed by atoms with Crippen LogP contribution in [0.3, 0.4) is 0 Å². The van der Waals surface area contributed by atoms with Gasteiger partial charge in [0.05, 0.1) is 5.56 Å². The monoisotopic (exact) mass is 348 g/mol. The zero-order valence-corrected chi connectivity index (χ0v) is 13.1. The number of halogens is 3. The molecule has 2 aromatic rings. The van der Waals surface area contributed by atoms with Crippen LogP contribution < -0.4 is 10.2 Å². The summed E-state index contributed by atoms with van der Waals surface area (Å²) in [4.78, 5) is 22.5. The summed E-state index contributed by atoms with van der Waals surface area (Å²) in [6, 6.07) is 6.10. The number of nitrogens with zero attached hydrogens (tertiary/aromatic N) is 3. The van der Waals surface area contributed by atoms with E-state index in [4.69, 9.17) is 0 Å². The first-order valence-corrected chi connectivity index (χ1v) is 7.63. The van der Waals surface area contributed by atoms with Crippen LogP contribution in [0.25, 0.3) is 0 Å². The predicted molar refractivity (Wildman–Crippen MR) is 87.0 cm³/mol. The summed E-state index contributed by atoms with van der Waals surface area (Å²) < 4.78 is 37.6. The third kappa shape index (κ3) is 4.14. The minimum Gasteiger partial charge on any atom is -0.337 e. The van der Waals surface area contributed by atoms with Gasteiger partial charge in [-0.05, 0) is 36.8 Å². The van der Waals surface area contributed by atoms with Gasteiger partial charge >= 0.3 is 6.18 Å². The predicted octanol–water partition coefficient (Wildman–Crippen LogP) is 3.27. The highest BCUT2D eigenvalue weighted by Gasteiger charge is 2.30. The smallest absolute Gasteiger partial charge is 0.337 e. The van der Waals surface area contributed by atoms with Crippen LogP contribution in [-0.4, -0.2) is 29.0 Å². The number of hydrogen-bond donors (Lipinski definition) is 1. The Bertz CT molecular complexity index is 773. The fraction of sp³-hybridized carbons (Fsp3) is 0.235. The third-order valence-corrected chi connectivity index (χ3v) is 3.81. The molecular formula is C17H15F3N4O. The lowest BCUT2D eigenvalue weighted by Crippen LogP contribution is -2.32. The maximum atomic E-state index is 12.5. The molecule has 0 unspecified atom stereocenters. The Morgan fingerprint density at radius 3 is 2.36 bits per heavy atom. The number of alkyl halides is 3. The highest BCUT2D eigenvalue weighted by Crippen LogP contribution is 2.30. The Morgan fingerprint density at radius 2 is 1.80 bits per heavy atom. The largest absolute Gasteiger partial charge is 0.416 e. The van der Waals surface area contributed by atoms with Gasteiger partial charge in [0, 0.05) is 36.7 Å². The number of hydrogen-bond acceptors (Lipinski definition) is 4. The Hall–Kier alpha value is -2.90. The van der Waals surface area contributed by atoms with Crippen molar-refractivity contribution in [3.8, 4) is 0 Å². The van der Waals surface area contributed by atoms with Crippen LogP contribution in [0.5, 0.6) is 0 Å². The first-order chi connectivity index (χ1) is 11.9. The van der Waals surface area contributed by atoms with Gasteiger partial charge in [0.1, 0.15) is 0 Å². The second kappa shape index (κ2) is 6.92. The van der Waals surface area contributed by atoms with E-state index in [0.717, 1.165) is 12.1 Å². The van der Waals surface area contributed by atoms with Crippen LogP contribution in [0.4, 0.5) is 24.8 Å². The van der Waals surface area contributed by atoms with E-state index in [9.17, 15) is 18.0 Å². The molecule has 130 valence electrons. The lowest BCUT2D eigenvalue weighted by Gasteiger charge is -2.25. The summed E-state index contributed by atoms with van der Waals surface area (Å²) in [6.45, 7) is 1.09. The van der Waals surface area contributed by atoms with Crippen LogP contribution in [0.1, 0.15) is 12.0 Å². The van der Waals surface area contributed by atoms with Crippen molar-refractivity contribution in [3.63, 3.8) is 0 Å². The molecular weight excluding hydrogens is 333 g/mol. The van der Waals surface area contributed by atoms with Crippen LogP contribution >= 0.6 is 0 Å². The molecule has 1 aromatic carbocycles. The molecule has 0 atom stereocenters. The molecule has 3 rings (SSSR count). The van der Waals surface area contributed by atoms with Gasteiger partial charge in [-0.1, -0.05) is 6.08 Å². The molecule has 0 saturated heterocycles. The van der Waals surface area contributed by atoms with Gasteiger partial charge in [-0.25, -0.2) is 9.97 Å². The standard InChI is InChI=1S/C17H15F3N4O/c18-17(19,20)13-2-4-14(5-3-13)23-15(25)12-6-10-24(11-7-12)16-21-8-1-9-22-16/h1-6,8-9H,7,10-11H2,(H,23,25). The molecule has 1 aliphatic rings. The normalized spacial score (nSPS) is 14.8. The average molecular weight is 348 g/mol. The summed E-state index contributed by atoms with van der Waals surface area (Å²) in [5, 5.41) is 2.62. The van der Waals surface area contributed by atoms with Crippen LogP contribution in [-0.2, 0) is 11.0 Å². The molecule has 0 radical (unpaired) electrons. The molecule has 2 heterocycles. The van der Waals surface area contributed by atoms with Crippen LogP contribution in [0.15, 0.2) is 54.4 Å². The van der Waals surface area contributed by atoms with E-state index in [1.54, 1.807) is 24.5 Å². The number of amides is 1. The lowest BCUT2D eigenvalue weighted by molar-refractivity contribution is -0.137. The summed E-state index contributed by atoms with van der Waals surface area (Å²) in [7, 11) is 0. The zero-order chi connectivity index (χ0) is 17.9. The minimum absolute atomic E-state index is 0.312. The number of benzene rings is 1. The van der Waals surface area contributed by atoms with Crippen LogP contribution in [0.2, 0.25) is 0 Å². The van der Waals surface area contributed by atoms with Crippen molar-refractivity contribution >= 4 is 17.5 Å². The average Bonchev–Trinajstić information content (AvgIpc) is 2.62. The fourth-order valence-electron chi connectivity index (χ4n) is 2.47. The van der Waals surface area contributed by atoms with Crippen LogP contribution in [0, 0.1) is 0 Å². The van der Waals surface area contributed by atoms with Crippen molar-refractivity contribution in [2.75, 3.05) is 23.3 Å². The molecule has 0 saturated carbocycles. The highest BCUT2D eigenvalue weighted by atomic mass is 19.4. The van der Waals surface area contributed by atoms with Crippen molar-refractivity contribution in [2.45, 2.75) is 12.6 Å². The summed E-state index contributed by atoms with van der Waals surface area (Å²) in [5.74, 6) is 0.286. The molecule has 1 N–H and O–H groups in total. The van der Waals surface area contributed by atoms with Gasteiger partial charge in [-0.15, -0.1) is 0 Å². The summed E-state index contributed by atoms with van der Waals surface area (Å²) in [5.41, 5.74) is 0.167. The van der Waals surface area contributed by atoms with Crippen molar-refractivity contribution in [3.05, 3.63) is 59.9 Å². The van der Waals surface area contributed by atoms with E-state index in [2.05, 4.69) is 15.3 Å². The van der Waals surface area contributed by atoms with E-state index in [0.29, 0.717) is 36.7 Å². The molecule has 8 heteroatoms. The molecule has 0 bridgehead atoms. The van der Waals surface area contributed by atoms with E-state index in [1.165, 1.54) is 12.1 Å². The van der Waals surface area contributed by atoms with Gasteiger partial charge in [0.2, 0.25) is 5.95 Å². The molecule has 1 amide bonds.